The summed E-state index contributed by atoms with van der Waals surface area (Å²) in [4.78, 5) is 19.0. The lowest BCUT2D eigenvalue weighted by molar-refractivity contribution is -0.121. The molecule has 0 aliphatic carbocycles. The van der Waals surface area contributed by atoms with E-state index in [9.17, 15) is 4.79 Å². The molecule has 0 radical (unpaired) electrons. The summed E-state index contributed by atoms with van der Waals surface area (Å²) in [7, 11) is 0. The summed E-state index contributed by atoms with van der Waals surface area (Å²) in [6, 6.07) is 2.22. The maximum absolute atomic E-state index is 12.8. The predicted molar refractivity (Wildman–Crippen MR) is 95.1 cm³/mol. The van der Waals surface area contributed by atoms with Crippen molar-refractivity contribution in [1.29, 1.82) is 0 Å². The molecule has 2 aromatic heterocycles. The third-order valence-corrected chi connectivity index (χ3v) is 5.09. The average molecular weight is 345 g/mol. The standard InChI is InChI=1S/C17H27N7O/c1-4-13(2)24-16(7-8-19-24)21-17(25)14(3)23-9-5-6-15(23)10-22-12-18-11-20-22/h7-8,11-15H,4-6,9-10H2,1-3H3,(H,21,25)/t13-,14-,15+/m0/s1. The van der Waals surface area contributed by atoms with Crippen molar-refractivity contribution in [3.05, 3.63) is 24.9 Å². The second-order valence-corrected chi connectivity index (χ2v) is 6.73. The van der Waals surface area contributed by atoms with Crippen LogP contribution in [0.1, 0.15) is 46.1 Å². The number of hydrogen-bond donors (Lipinski definition) is 1. The Bertz CT molecular complexity index is 681. The maximum Gasteiger partial charge on any atom is 0.242 e. The number of amides is 1. The van der Waals surface area contributed by atoms with Crippen molar-refractivity contribution in [2.24, 2.45) is 0 Å². The number of hydrogen-bond acceptors (Lipinski definition) is 5. The maximum atomic E-state index is 12.8. The zero-order chi connectivity index (χ0) is 17.8. The molecule has 2 aromatic rings. The predicted octanol–water partition coefficient (Wildman–Crippen LogP) is 1.94. The Hall–Kier alpha value is -2.22. The number of aromatic nitrogens is 5. The molecule has 1 fully saturated rings. The second kappa shape index (κ2) is 7.77. The quantitative estimate of drug-likeness (QED) is 0.829. The van der Waals surface area contributed by atoms with Gasteiger partial charge in [-0.3, -0.25) is 14.4 Å². The van der Waals surface area contributed by atoms with E-state index >= 15 is 0 Å². The third kappa shape index (κ3) is 3.89. The van der Waals surface area contributed by atoms with Crippen LogP contribution in [0.15, 0.2) is 24.9 Å². The minimum absolute atomic E-state index is 0.00976. The fraction of sp³-hybridized carbons (Fsp3) is 0.647. The van der Waals surface area contributed by atoms with E-state index in [2.05, 4.69) is 39.2 Å². The molecule has 3 atom stereocenters. The first-order chi connectivity index (χ1) is 12.1. The summed E-state index contributed by atoms with van der Waals surface area (Å²) in [6.45, 7) is 7.88. The van der Waals surface area contributed by atoms with Crippen LogP contribution in [0.25, 0.3) is 0 Å². The number of nitrogens with one attached hydrogen (secondary N) is 1. The Balaban J connectivity index is 1.64. The summed E-state index contributed by atoms with van der Waals surface area (Å²) in [5.74, 6) is 0.772. The highest BCUT2D eigenvalue weighted by Gasteiger charge is 2.32. The van der Waals surface area contributed by atoms with Crippen molar-refractivity contribution in [3.63, 3.8) is 0 Å². The molecule has 0 bridgehead atoms. The normalized spacial score (nSPS) is 20.5. The van der Waals surface area contributed by atoms with Crippen LogP contribution in [0.3, 0.4) is 0 Å². The molecule has 1 N–H and O–H groups in total. The van der Waals surface area contributed by atoms with Gasteiger partial charge in [0.05, 0.1) is 24.8 Å². The van der Waals surface area contributed by atoms with Crippen LogP contribution in [-0.2, 0) is 11.3 Å². The van der Waals surface area contributed by atoms with Gasteiger partial charge >= 0.3 is 0 Å². The highest BCUT2D eigenvalue weighted by atomic mass is 16.2. The van der Waals surface area contributed by atoms with Gasteiger partial charge in [0.1, 0.15) is 18.5 Å². The lowest BCUT2D eigenvalue weighted by atomic mass is 10.2. The number of nitrogens with zero attached hydrogens (tertiary/aromatic N) is 6. The molecular weight excluding hydrogens is 318 g/mol. The first-order valence-electron chi connectivity index (χ1n) is 9.02. The lowest BCUT2D eigenvalue weighted by Crippen LogP contribution is -2.46. The molecule has 3 rings (SSSR count). The van der Waals surface area contributed by atoms with Crippen molar-refractivity contribution in [1.82, 2.24) is 29.4 Å². The van der Waals surface area contributed by atoms with E-state index in [4.69, 9.17) is 0 Å². The SMILES string of the molecule is CC[C@H](C)n1nccc1NC(=O)[C@H](C)N1CCC[C@@H]1Cn1cncn1. The van der Waals surface area contributed by atoms with Crippen LogP contribution in [0, 0.1) is 0 Å². The molecule has 3 heterocycles. The minimum atomic E-state index is -0.198. The monoisotopic (exact) mass is 345 g/mol. The van der Waals surface area contributed by atoms with Gasteiger partial charge in [-0.15, -0.1) is 0 Å². The van der Waals surface area contributed by atoms with E-state index in [-0.39, 0.29) is 18.0 Å². The van der Waals surface area contributed by atoms with Gasteiger partial charge in [-0.2, -0.15) is 10.2 Å². The molecule has 1 aliphatic heterocycles. The summed E-state index contributed by atoms with van der Waals surface area (Å²) in [6.07, 6.45) is 8.14. The number of anilines is 1. The largest absolute Gasteiger partial charge is 0.310 e. The van der Waals surface area contributed by atoms with E-state index in [0.717, 1.165) is 38.2 Å². The fourth-order valence-electron chi connectivity index (χ4n) is 3.43. The van der Waals surface area contributed by atoms with Crippen LogP contribution < -0.4 is 5.32 Å². The molecule has 8 nitrogen and oxygen atoms in total. The summed E-state index contributed by atoms with van der Waals surface area (Å²) >= 11 is 0. The molecule has 1 saturated heterocycles. The number of carbonyl (C=O) groups is 1. The minimum Gasteiger partial charge on any atom is -0.310 e. The van der Waals surface area contributed by atoms with E-state index in [1.807, 2.05) is 22.4 Å². The zero-order valence-electron chi connectivity index (χ0n) is 15.2. The van der Waals surface area contributed by atoms with Gasteiger partial charge in [-0.05, 0) is 39.7 Å². The Labute approximate surface area is 148 Å². The highest BCUT2D eigenvalue weighted by Crippen LogP contribution is 2.23. The number of rotatable bonds is 7. The molecule has 0 unspecified atom stereocenters. The summed E-state index contributed by atoms with van der Waals surface area (Å²) in [5.41, 5.74) is 0. The molecule has 25 heavy (non-hydrogen) atoms. The van der Waals surface area contributed by atoms with Crippen molar-refractivity contribution >= 4 is 11.7 Å². The molecule has 0 spiro atoms. The van der Waals surface area contributed by atoms with E-state index in [1.54, 1.807) is 18.9 Å². The van der Waals surface area contributed by atoms with Gasteiger partial charge in [0, 0.05) is 12.1 Å². The van der Waals surface area contributed by atoms with Crippen LogP contribution in [0.5, 0.6) is 0 Å². The summed E-state index contributed by atoms with van der Waals surface area (Å²) in [5, 5.41) is 11.6. The van der Waals surface area contributed by atoms with Gasteiger partial charge < -0.3 is 5.32 Å². The smallest absolute Gasteiger partial charge is 0.242 e. The summed E-state index contributed by atoms with van der Waals surface area (Å²) < 4.78 is 3.72. The van der Waals surface area contributed by atoms with Crippen molar-refractivity contribution < 1.29 is 4.79 Å². The Morgan fingerprint density at radius 3 is 2.96 bits per heavy atom. The zero-order valence-corrected chi connectivity index (χ0v) is 15.2. The molecule has 8 heteroatoms. The number of likely N-dealkylation sites (tertiary alicyclic amines) is 1. The average Bonchev–Trinajstić information content (AvgIpc) is 3.35. The van der Waals surface area contributed by atoms with Crippen LogP contribution in [0.4, 0.5) is 5.82 Å². The molecule has 1 amide bonds. The molecular formula is C17H27N7O. The molecule has 0 saturated carbocycles. The number of carbonyl (C=O) groups excluding carboxylic acids is 1. The van der Waals surface area contributed by atoms with Crippen molar-refractivity contribution in [3.8, 4) is 0 Å². The van der Waals surface area contributed by atoms with E-state index in [1.165, 1.54) is 0 Å². The first-order valence-corrected chi connectivity index (χ1v) is 9.02. The molecule has 1 aliphatic rings. The van der Waals surface area contributed by atoms with Gasteiger partial charge in [0.15, 0.2) is 0 Å². The van der Waals surface area contributed by atoms with Gasteiger partial charge in [-0.1, -0.05) is 6.92 Å². The van der Waals surface area contributed by atoms with E-state index < -0.39 is 0 Å². The third-order valence-electron chi connectivity index (χ3n) is 5.09. The van der Waals surface area contributed by atoms with Crippen LogP contribution in [0.2, 0.25) is 0 Å². The molecule has 136 valence electrons. The second-order valence-electron chi connectivity index (χ2n) is 6.73. The van der Waals surface area contributed by atoms with Gasteiger partial charge in [-0.25, -0.2) is 9.67 Å². The Morgan fingerprint density at radius 1 is 1.40 bits per heavy atom. The highest BCUT2D eigenvalue weighted by molar-refractivity contribution is 5.93. The van der Waals surface area contributed by atoms with Crippen LogP contribution >= 0.6 is 0 Å². The lowest BCUT2D eigenvalue weighted by Gasteiger charge is -2.29. The first kappa shape index (κ1) is 17.6. The van der Waals surface area contributed by atoms with Gasteiger partial charge in [0.2, 0.25) is 5.91 Å². The topological polar surface area (TPSA) is 80.9 Å². The van der Waals surface area contributed by atoms with Crippen molar-refractivity contribution in [2.45, 2.75) is 64.7 Å². The fourth-order valence-corrected chi connectivity index (χ4v) is 3.43. The van der Waals surface area contributed by atoms with Crippen LogP contribution in [-0.4, -0.2) is 54.0 Å². The van der Waals surface area contributed by atoms with E-state index in [0.29, 0.717) is 6.04 Å². The van der Waals surface area contributed by atoms with Gasteiger partial charge in [0.25, 0.3) is 0 Å². The Kier molecular flexibility index (Phi) is 5.47. The van der Waals surface area contributed by atoms with Crippen molar-refractivity contribution in [2.75, 3.05) is 11.9 Å². The molecule has 0 aromatic carbocycles. The Morgan fingerprint density at radius 2 is 2.24 bits per heavy atom.